The Hall–Kier alpha value is -0.910. The minimum Gasteiger partial charge on any atom is -0.339 e. The zero-order valence-corrected chi connectivity index (χ0v) is 12.6. The van der Waals surface area contributed by atoms with E-state index < -0.39 is 0 Å². The van der Waals surface area contributed by atoms with Gasteiger partial charge in [0.25, 0.3) is 0 Å². The maximum atomic E-state index is 12.1. The molecule has 0 unspecified atom stereocenters. The first-order valence-electron chi connectivity index (χ1n) is 6.93. The molecule has 1 aromatic heterocycles. The Balaban J connectivity index is 1.79. The first-order chi connectivity index (χ1) is 9.19. The second kappa shape index (κ2) is 7.03. The number of thiophene rings is 1. The molecule has 0 saturated carbocycles. The monoisotopic (exact) mass is 281 g/mol. The molecule has 1 saturated heterocycles. The molecular weight excluding hydrogens is 258 g/mol. The normalized spacial score (nSPS) is 16.1. The molecule has 0 atom stereocenters. The van der Waals surface area contributed by atoms with Crippen LogP contribution in [0.5, 0.6) is 0 Å². The number of nitrogens with zero attached hydrogens (tertiary/aromatic N) is 2. The lowest BCUT2D eigenvalue weighted by atomic mass is 10.3. The second-order valence-electron chi connectivity index (χ2n) is 5.02. The van der Waals surface area contributed by atoms with Crippen molar-refractivity contribution in [1.82, 2.24) is 15.1 Å². The first kappa shape index (κ1) is 14.5. The SMILES string of the molecule is CCc1ccc(CN(C)CC(=O)N2CCNCC2)s1. The topological polar surface area (TPSA) is 35.6 Å². The van der Waals surface area contributed by atoms with E-state index in [9.17, 15) is 4.79 Å². The van der Waals surface area contributed by atoms with Crippen molar-refractivity contribution in [1.29, 1.82) is 0 Å². The van der Waals surface area contributed by atoms with E-state index in [1.165, 1.54) is 9.75 Å². The fourth-order valence-electron chi connectivity index (χ4n) is 2.26. The molecule has 1 aliphatic rings. The summed E-state index contributed by atoms with van der Waals surface area (Å²) < 4.78 is 0. The van der Waals surface area contributed by atoms with Crippen molar-refractivity contribution >= 4 is 17.2 Å². The summed E-state index contributed by atoms with van der Waals surface area (Å²) in [6, 6.07) is 4.36. The third-order valence-electron chi connectivity index (χ3n) is 3.37. The average Bonchev–Trinajstić information content (AvgIpc) is 2.87. The van der Waals surface area contributed by atoms with Crippen molar-refractivity contribution in [3.8, 4) is 0 Å². The molecule has 106 valence electrons. The van der Waals surface area contributed by atoms with Gasteiger partial charge in [-0.2, -0.15) is 0 Å². The summed E-state index contributed by atoms with van der Waals surface area (Å²) in [7, 11) is 2.02. The van der Waals surface area contributed by atoms with Gasteiger partial charge in [-0.15, -0.1) is 11.3 Å². The molecule has 2 rings (SSSR count). The molecule has 1 fully saturated rings. The number of likely N-dealkylation sites (N-methyl/N-ethyl adjacent to an activating group) is 1. The van der Waals surface area contributed by atoms with Crippen molar-refractivity contribution in [3.63, 3.8) is 0 Å². The van der Waals surface area contributed by atoms with Gasteiger partial charge in [0, 0.05) is 42.5 Å². The van der Waals surface area contributed by atoms with Crippen LogP contribution < -0.4 is 5.32 Å². The smallest absolute Gasteiger partial charge is 0.236 e. The van der Waals surface area contributed by atoms with Gasteiger partial charge in [0.1, 0.15) is 0 Å². The molecule has 4 nitrogen and oxygen atoms in total. The van der Waals surface area contributed by atoms with E-state index in [0.717, 1.165) is 39.1 Å². The highest BCUT2D eigenvalue weighted by Gasteiger charge is 2.17. The van der Waals surface area contributed by atoms with Crippen LogP contribution in [0.25, 0.3) is 0 Å². The van der Waals surface area contributed by atoms with Crippen LogP contribution >= 0.6 is 11.3 Å². The van der Waals surface area contributed by atoms with Crippen LogP contribution in [-0.4, -0.2) is 55.5 Å². The van der Waals surface area contributed by atoms with E-state index in [1.807, 2.05) is 23.3 Å². The molecule has 0 radical (unpaired) electrons. The van der Waals surface area contributed by atoms with Crippen LogP contribution in [-0.2, 0) is 17.8 Å². The Labute approximate surface area is 119 Å². The first-order valence-corrected chi connectivity index (χ1v) is 7.75. The van der Waals surface area contributed by atoms with Crippen molar-refractivity contribution in [2.45, 2.75) is 19.9 Å². The molecule has 0 spiro atoms. The third kappa shape index (κ3) is 4.30. The van der Waals surface area contributed by atoms with Gasteiger partial charge in [0.05, 0.1) is 6.54 Å². The van der Waals surface area contributed by atoms with Crippen molar-refractivity contribution < 1.29 is 4.79 Å². The molecular formula is C14H23N3OS. The highest BCUT2D eigenvalue weighted by Crippen LogP contribution is 2.18. The maximum absolute atomic E-state index is 12.1. The summed E-state index contributed by atoms with van der Waals surface area (Å²) in [5.74, 6) is 0.247. The molecule has 1 amide bonds. The van der Waals surface area contributed by atoms with Gasteiger partial charge in [0.2, 0.25) is 5.91 Å². The molecule has 5 heteroatoms. The largest absolute Gasteiger partial charge is 0.339 e. The molecule has 1 N–H and O–H groups in total. The minimum absolute atomic E-state index is 0.247. The Morgan fingerprint density at radius 1 is 1.37 bits per heavy atom. The minimum atomic E-state index is 0.247. The van der Waals surface area contributed by atoms with E-state index in [0.29, 0.717) is 6.54 Å². The molecule has 19 heavy (non-hydrogen) atoms. The zero-order valence-electron chi connectivity index (χ0n) is 11.8. The van der Waals surface area contributed by atoms with Crippen LogP contribution in [0.4, 0.5) is 0 Å². The van der Waals surface area contributed by atoms with E-state index in [2.05, 4.69) is 29.3 Å². The lowest BCUT2D eigenvalue weighted by molar-refractivity contribution is -0.132. The van der Waals surface area contributed by atoms with E-state index >= 15 is 0 Å². The van der Waals surface area contributed by atoms with Crippen molar-refractivity contribution in [2.75, 3.05) is 39.8 Å². The molecule has 1 aliphatic heterocycles. The highest BCUT2D eigenvalue weighted by atomic mass is 32.1. The Morgan fingerprint density at radius 3 is 2.68 bits per heavy atom. The number of rotatable bonds is 5. The average molecular weight is 281 g/mol. The number of amides is 1. The van der Waals surface area contributed by atoms with Gasteiger partial charge in [0.15, 0.2) is 0 Å². The summed E-state index contributed by atoms with van der Waals surface area (Å²) in [5.41, 5.74) is 0. The van der Waals surface area contributed by atoms with Gasteiger partial charge in [-0.05, 0) is 25.6 Å². The summed E-state index contributed by atoms with van der Waals surface area (Å²) in [4.78, 5) is 18.9. The lowest BCUT2D eigenvalue weighted by Gasteiger charge is -2.29. The Kier molecular flexibility index (Phi) is 5.36. The summed E-state index contributed by atoms with van der Waals surface area (Å²) in [5, 5.41) is 3.27. The van der Waals surface area contributed by atoms with Gasteiger partial charge >= 0.3 is 0 Å². The standard InChI is InChI=1S/C14H23N3OS/c1-3-12-4-5-13(19-12)10-16(2)11-14(18)17-8-6-15-7-9-17/h4-5,15H,3,6-11H2,1-2H3. The van der Waals surface area contributed by atoms with Gasteiger partial charge in [-0.25, -0.2) is 0 Å². The number of nitrogens with one attached hydrogen (secondary N) is 1. The van der Waals surface area contributed by atoms with E-state index in [4.69, 9.17) is 0 Å². The molecule has 1 aromatic rings. The molecule has 2 heterocycles. The summed E-state index contributed by atoms with van der Waals surface area (Å²) in [6.45, 7) is 7.06. The van der Waals surface area contributed by atoms with Crippen LogP contribution in [0.1, 0.15) is 16.7 Å². The number of hydrogen-bond acceptors (Lipinski definition) is 4. The summed E-state index contributed by atoms with van der Waals surface area (Å²) in [6.07, 6.45) is 1.09. The van der Waals surface area contributed by atoms with Gasteiger partial charge in [-0.1, -0.05) is 6.92 Å². The number of piperazine rings is 1. The van der Waals surface area contributed by atoms with Gasteiger partial charge in [-0.3, -0.25) is 9.69 Å². The fourth-order valence-corrected chi connectivity index (χ4v) is 3.30. The third-order valence-corrected chi connectivity index (χ3v) is 4.58. The maximum Gasteiger partial charge on any atom is 0.236 e. The predicted molar refractivity (Wildman–Crippen MR) is 79.5 cm³/mol. The van der Waals surface area contributed by atoms with Crippen molar-refractivity contribution in [3.05, 3.63) is 21.9 Å². The molecule has 0 aliphatic carbocycles. The highest BCUT2D eigenvalue weighted by molar-refractivity contribution is 7.11. The Morgan fingerprint density at radius 2 is 2.05 bits per heavy atom. The number of aryl methyl sites for hydroxylation is 1. The molecule has 0 bridgehead atoms. The van der Waals surface area contributed by atoms with E-state index in [1.54, 1.807) is 0 Å². The predicted octanol–water partition coefficient (Wildman–Crippen LogP) is 1.17. The summed E-state index contributed by atoms with van der Waals surface area (Å²) >= 11 is 1.85. The van der Waals surface area contributed by atoms with Crippen LogP contribution in [0.3, 0.4) is 0 Å². The van der Waals surface area contributed by atoms with Gasteiger partial charge < -0.3 is 10.2 Å². The number of carbonyl (C=O) groups is 1. The molecule has 0 aromatic carbocycles. The number of carbonyl (C=O) groups excluding carboxylic acids is 1. The number of hydrogen-bond donors (Lipinski definition) is 1. The quantitative estimate of drug-likeness (QED) is 0.880. The van der Waals surface area contributed by atoms with Crippen LogP contribution in [0.2, 0.25) is 0 Å². The van der Waals surface area contributed by atoms with Crippen molar-refractivity contribution in [2.24, 2.45) is 0 Å². The fraction of sp³-hybridized carbons (Fsp3) is 0.643. The van der Waals surface area contributed by atoms with E-state index in [-0.39, 0.29) is 5.91 Å². The second-order valence-corrected chi connectivity index (χ2v) is 6.28. The van der Waals surface area contributed by atoms with Crippen LogP contribution in [0.15, 0.2) is 12.1 Å². The Bertz CT molecular complexity index is 413. The van der Waals surface area contributed by atoms with Crippen LogP contribution in [0, 0.1) is 0 Å². The zero-order chi connectivity index (χ0) is 13.7. The lowest BCUT2D eigenvalue weighted by Crippen LogP contribution is -2.49.